The monoisotopic (exact) mass is 596 g/mol. The number of unbranched alkanes of at least 4 members (excludes halogenated alkanes) is 1. The van der Waals surface area contributed by atoms with E-state index >= 15 is 0 Å². The Labute approximate surface area is 244 Å². The molecule has 0 radical (unpaired) electrons. The van der Waals surface area contributed by atoms with Crippen molar-refractivity contribution in [1.82, 2.24) is 14.2 Å². The third-order valence-electron chi connectivity index (χ3n) is 7.42. The lowest BCUT2D eigenvalue weighted by atomic mass is 10.0. The molecule has 0 saturated carbocycles. The molecule has 0 spiro atoms. The zero-order valence-corrected chi connectivity index (χ0v) is 25.9. The van der Waals surface area contributed by atoms with E-state index in [4.69, 9.17) is 4.98 Å². The van der Waals surface area contributed by atoms with Crippen molar-refractivity contribution in [3.63, 3.8) is 0 Å². The highest BCUT2D eigenvalue weighted by atomic mass is 32.2. The Morgan fingerprint density at radius 3 is 2.52 bits per heavy atom. The van der Waals surface area contributed by atoms with Gasteiger partial charge < -0.3 is 5.32 Å². The second-order valence-electron chi connectivity index (χ2n) is 10.3. The minimum atomic E-state index is -3.60. The molecular formula is C30H36N4O3S3. The van der Waals surface area contributed by atoms with Gasteiger partial charge in [0.05, 0.1) is 15.1 Å². The third-order valence-corrected chi connectivity index (χ3v) is 11.6. The lowest BCUT2D eigenvalue weighted by Gasteiger charge is -2.30. The molecule has 0 aliphatic carbocycles. The summed E-state index contributed by atoms with van der Waals surface area (Å²) < 4.78 is 28.9. The van der Waals surface area contributed by atoms with Crippen LogP contribution in [-0.2, 0) is 23.0 Å². The first kappa shape index (κ1) is 28.9. The molecule has 1 N–H and O–H groups in total. The lowest BCUT2D eigenvalue weighted by molar-refractivity contribution is 0.102. The SMILES string of the molecule is CCCCN(CC)S(=O)(=O)c1ccc(C(=O)Nc2sc3c(c2-c2nc4ccccc4s2)CCN(C(C)C)C3)cc1. The zero-order chi connectivity index (χ0) is 28.4. The number of sulfonamides is 1. The quantitative estimate of drug-likeness (QED) is 0.216. The fourth-order valence-electron chi connectivity index (χ4n) is 5.04. The van der Waals surface area contributed by atoms with Crippen molar-refractivity contribution in [3.05, 3.63) is 64.5 Å². The van der Waals surface area contributed by atoms with E-state index in [1.165, 1.54) is 26.9 Å². The molecule has 7 nitrogen and oxygen atoms in total. The van der Waals surface area contributed by atoms with Crippen molar-refractivity contribution in [1.29, 1.82) is 0 Å². The van der Waals surface area contributed by atoms with Gasteiger partial charge in [0.15, 0.2) is 0 Å². The van der Waals surface area contributed by atoms with Gasteiger partial charge in [-0.05, 0) is 68.7 Å². The van der Waals surface area contributed by atoms with Crippen molar-refractivity contribution in [2.24, 2.45) is 0 Å². The number of carbonyl (C=O) groups excluding carboxylic acids is 1. The summed E-state index contributed by atoms with van der Waals surface area (Å²) in [6.07, 6.45) is 2.64. The predicted octanol–water partition coefficient (Wildman–Crippen LogP) is 6.85. The first-order valence-corrected chi connectivity index (χ1v) is 17.0. The van der Waals surface area contributed by atoms with Gasteiger partial charge in [-0.25, -0.2) is 13.4 Å². The highest BCUT2D eigenvalue weighted by Crippen LogP contribution is 2.46. The summed E-state index contributed by atoms with van der Waals surface area (Å²) >= 11 is 3.27. The minimum absolute atomic E-state index is 0.206. The van der Waals surface area contributed by atoms with Crippen LogP contribution >= 0.6 is 22.7 Å². The number of amides is 1. The standard InChI is InChI=1S/C30H36N4O3S3/c1-5-7-17-34(6-2)40(36,37)22-14-12-21(13-15-22)28(35)32-30-27(29-31-24-10-8-9-11-25(24)38-29)23-16-18-33(20(3)4)19-26(23)39-30/h8-15,20H,5-7,16-19H2,1-4H3,(H,32,35). The molecule has 2 aromatic heterocycles. The second kappa shape index (κ2) is 12.1. The molecule has 4 aromatic rings. The fourth-order valence-corrected chi connectivity index (χ4v) is 8.91. The van der Waals surface area contributed by atoms with Crippen LogP contribution in [-0.4, -0.2) is 54.2 Å². The van der Waals surface area contributed by atoms with E-state index in [0.717, 1.165) is 58.1 Å². The van der Waals surface area contributed by atoms with Crippen LogP contribution in [0.1, 0.15) is 61.3 Å². The molecule has 0 atom stereocenters. The topological polar surface area (TPSA) is 82.6 Å². The van der Waals surface area contributed by atoms with Gasteiger partial charge in [-0.15, -0.1) is 22.7 Å². The number of carbonyl (C=O) groups is 1. The summed E-state index contributed by atoms with van der Waals surface area (Å²) in [5.74, 6) is -0.260. The highest BCUT2D eigenvalue weighted by Gasteiger charge is 2.29. The van der Waals surface area contributed by atoms with Crippen LogP contribution < -0.4 is 5.32 Å². The average Bonchev–Trinajstić information content (AvgIpc) is 3.53. The van der Waals surface area contributed by atoms with Gasteiger partial charge in [-0.3, -0.25) is 9.69 Å². The molecule has 0 saturated heterocycles. The summed E-state index contributed by atoms with van der Waals surface area (Å²) in [4.78, 5) is 22.3. The number of benzene rings is 2. The van der Waals surface area contributed by atoms with Gasteiger partial charge in [-0.2, -0.15) is 4.31 Å². The third kappa shape index (κ3) is 5.73. The Balaban J connectivity index is 1.45. The van der Waals surface area contributed by atoms with Crippen molar-refractivity contribution in [2.45, 2.75) is 64.4 Å². The molecular weight excluding hydrogens is 561 g/mol. The van der Waals surface area contributed by atoms with E-state index in [2.05, 4.69) is 30.1 Å². The summed E-state index contributed by atoms with van der Waals surface area (Å²) in [7, 11) is -3.60. The second-order valence-corrected chi connectivity index (χ2v) is 14.4. The number of hydrogen-bond donors (Lipinski definition) is 1. The van der Waals surface area contributed by atoms with Gasteiger partial charge in [0.2, 0.25) is 10.0 Å². The maximum atomic E-state index is 13.5. The van der Waals surface area contributed by atoms with Crippen LogP contribution in [0.3, 0.4) is 0 Å². The molecule has 5 rings (SSSR count). The number of nitrogens with zero attached hydrogens (tertiary/aromatic N) is 3. The van der Waals surface area contributed by atoms with Crippen LogP contribution in [0.15, 0.2) is 53.4 Å². The molecule has 0 fully saturated rings. The molecule has 0 bridgehead atoms. The number of fused-ring (bicyclic) bond motifs is 2. The van der Waals surface area contributed by atoms with Crippen molar-refractivity contribution in [3.8, 4) is 10.6 Å². The summed E-state index contributed by atoms with van der Waals surface area (Å²) in [5.41, 5.74) is 3.66. The maximum absolute atomic E-state index is 13.5. The van der Waals surface area contributed by atoms with E-state index < -0.39 is 10.0 Å². The van der Waals surface area contributed by atoms with Crippen LogP contribution in [0.25, 0.3) is 20.8 Å². The van der Waals surface area contributed by atoms with Gasteiger partial charge in [0.1, 0.15) is 10.0 Å². The Morgan fingerprint density at radius 2 is 1.85 bits per heavy atom. The predicted molar refractivity (Wildman–Crippen MR) is 166 cm³/mol. The number of hydrogen-bond acceptors (Lipinski definition) is 7. The van der Waals surface area contributed by atoms with E-state index in [-0.39, 0.29) is 10.8 Å². The molecule has 1 amide bonds. The molecule has 212 valence electrons. The smallest absolute Gasteiger partial charge is 0.256 e. The fraction of sp³-hybridized carbons (Fsp3) is 0.400. The van der Waals surface area contributed by atoms with Crippen molar-refractivity contribution >= 4 is 53.8 Å². The van der Waals surface area contributed by atoms with E-state index in [9.17, 15) is 13.2 Å². The number of anilines is 1. The van der Waals surface area contributed by atoms with E-state index in [1.807, 2.05) is 32.0 Å². The molecule has 40 heavy (non-hydrogen) atoms. The number of rotatable bonds is 10. The van der Waals surface area contributed by atoms with Crippen molar-refractivity contribution in [2.75, 3.05) is 25.0 Å². The Kier molecular flexibility index (Phi) is 8.72. The molecule has 2 aromatic carbocycles. The molecule has 1 aliphatic rings. The number of aromatic nitrogens is 1. The van der Waals surface area contributed by atoms with E-state index in [1.54, 1.807) is 34.8 Å². The normalized spacial score (nSPS) is 14.2. The van der Waals surface area contributed by atoms with Gasteiger partial charge in [-0.1, -0.05) is 32.4 Å². The number of nitrogens with one attached hydrogen (secondary N) is 1. The Bertz CT molecular complexity index is 1570. The van der Waals surface area contributed by atoms with E-state index in [0.29, 0.717) is 24.7 Å². The van der Waals surface area contributed by atoms with Crippen LogP contribution in [0.2, 0.25) is 0 Å². The molecule has 3 heterocycles. The van der Waals surface area contributed by atoms with Crippen LogP contribution in [0.5, 0.6) is 0 Å². The van der Waals surface area contributed by atoms with Crippen LogP contribution in [0, 0.1) is 0 Å². The Morgan fingerprint density at radius 1 is 1.10 bits per heavy atom. The first-order chi connectivity index (χ1) is 19.2. The Hall–Kier alpha value is -2.63. The molecule has 10 heteroatoms. The number of thiazole rings is 1. The maximum Gasteiger partial charge on any atom is 0.256 e. The molecule has 1 aliphatic heterocycles. The van der Waals surface area contributed by atoms with Crippen molar-refractivity contribution < 1.29 is 13.2 Å². The average molecular weight is 597 g/mol. The number of thiophene rings is 1. The van der Waals surface area contributed by atoms with Gasteiger partial charge in [0, 0.05) is 48.2 Å². The summed E-state index contributed by atoms with van der Waals surface area (Å²) in [6.45, 7) is 11.0. The lowest BCUT2D eigenvalue weighted by Crippen LogP contribution is -2.35. The van der Waals surface area contributed by atoms with Gasteiger partial charge >= 0.3 is 0 Å². The minimum Gasteiger partial charge on any atom is -0.313 e. The molecule has 0 unspecified atom stereocenters. The largest absolute Gasteiger partial charge is 0.313 e. The van der Waals surface area contributed by atoms with Crippen LogP contribution in [0.4, 0.5) is 5.00 Å². The summed E-state index contributed by atoms with van der Waals surface area (Å²) in [6, 6.07) is 14.8. The first-order valence-electron chi connectivity index (χ1n) is 13.9. The van der Waals surface area contributed by atoms with Gasteiger partial charge in [0.25, 0.3) is 5.91 Å². The highest BCUT2D eigenvalue weighted by molar-refractivity contribution is 7.89. The number of para-hydroxylation sites is 1. The summed E-state index contributed by atoms with van der Waals surface area (Å²) in [5, 5.41) is 4.87. The zero-order valence-electron chi connectivity index (χ0n) is 23.4.